The molecule has 3 aromatic carbocycles. The maximum atomic E-state index is 13.0. The maximum Gasteiger partial charge on any atom is 0.338 e. The number of phenolic OH excluding ortho intramolecular Hbond substituents is 1. The van der Waals surface area contributed by atoms with Crippen molar-refractivity contribution in [3.63, 3.8) is 0 Å². The Morgan fingerprint density at radius 1 is 0.750 bits per heavy atom. The van der Waals surface area contributed by atoms with E-state index in [4.69, 9.17) is 9.47 Å². The molecule has 2 saturated carbocycles. The van der Waals surface area contributed by atoms with Crippen LogP contribution in [0, 0.1) is 35.5 Å². The monoisotopic (exact) mass is 653 g/mol. The molecule has 48 heavy (non-hydrogen) atoms. The van der Waals surface area contributed by atoms with Crippen molar-refractivity contribution in [3.05, 3.63) is 89.5 Å². The average Bonchev–Trinajstić information content (AvgIpc) is 3.07. The predicted molar refractivity (Wildman–Crippen MR) is 193 cm³/mol. The lowest BCUT2D eigenvalue weighted by Crippen LogP contribution is -2.55. The molecule has 0 aromatic heterocycles. The number of ketones is 1. The van der Waals surface area contributed by atoms with Crippen LogP contribution in [0.2, 0.25) is 0 Å². The van der Waals surface area contributed by atoms with E-state index in [0.717, 1.165) is 0 Å². The number of anilines is 1. The number of rotatable bonds is 12. The fourth-order valence-electron chi connectivity index (χ4n) is 8.26. The van der Waals surface area contributed by atoms with Crippen LogP contribution in [-0.4, -0.2) is 42.2 Å². The van der Waals surface area contributed by atoms with Gasteiger partial charge in [0.15, 0.2) is 5.78 Å². The number of aromatic hydroxyl groups is 1. The van der Waals surface area contributed by atoms with Crippen molar-refractivity contribution in [2.45, 2.75) is 92.2 Å². The van der Waals surface area contributed by atoms with E-state index >= 15 is 0 Å². The molecule has 6 heteroatoms. The zero-order valence-corrected chi connectivity index (χ0v) is 29.7. The third-order valence-corrected chi connectivity index (χ3v) is 10.9. The number of carbonyl (C=O) groups excluding carboxylic acids is 2. The molecule has 0 heterocycles. The highest BCUT2D eigenvalue weighted by Gasteiger charge is 2.42. The largest absolute Gasteiger partial charge is 0.507 e. The maximum absolute atomic E-state index is 13.0. The molecule has 0 aliphatic heterocycles. The zero-order chi connectivity index (χ0) is 34.4. The van der Waals surface area contributed by atoms with Gasteiger partial charge in [-0.15, -0.1) is 0 Å². The van der Waals surface area contributed by atoms with Gasteiger partial charge in [0, 0.05) is 29.4 Å². The third kappa shape index (κ3) is 8.43. The van der Waals surface area contributed by atoms with Gasteiger partial charge in [0.25, 0.3) is 0 Å². The van der Waals surface area contributed by atoms with Gasteiger partial charge in [-0.2, -0.15) is 0 Å². The Balaban J connectivity index is 1.24. The van der Waals surface area contributed by atoms with Crippen LogP contribution >= 0.6 is 0 Å². The molecular formula is C42H55NO5. The Bertz CT molecular complexity index is 1470. The number of phenols is 1. The summed E-state index contributed by atoms with van der Waals surface area (Å²) in [6.45, 7) is 14.6. The van der Waals surface area contributed by atoms with Crippen molar-refractivity contribution in [2.75, 3.05) is 18.1 Å². The van der Waals surface area contributed by atoms with Crippen LogP contribution in [0.5, 0.6) is 11.5 Å². The Morgan fingerprint density at radius 2 is 1.33 bits per heavy atom. The second-order valence-corrected chi connectivity index (χ2v) is 15.1. The van der Waals surface area contributed by atoms with Gasteiger partial charge in [-0.3, -0.25) is 4.79 Å². The molecule has 5 rings (SSSR count). The summed E-state index contributed by atoms with van der Waals surface area (Å²) in [6, 6.07) is 22.5. The molecule has 2 aliphatic carbocycles. The van der Waals surface area contributed by atoms with E-state index < -0.39 is 0 Å². The number of carbonyl (C=O) groups is 2. The number of esters is 1. The Kier molecular flexibility index (Phi) is 11.9. The van der Waals surface area contributed by atoms with Gasteiger partial charge in [-0.05, 0) is 97.6 Å². The minimum absolute atomic E-state index is 0.0598. The van der Waals surface area contributed by atoms with E-state index in [1.807, 2.05) is 18.2 Å². The van der Waals surface area contributed by atoms with Crippen molar-refractivity contribution in [3.8, 4) is 11.5 Å². The van der Waals surface area contributed by atoms with E-state index in [9.17, 15) is 14.7 Å². The molecule has 6 atom stereocenters. The smallest absolute Gasteiger partial charge is 0.338 e. The van der Waals surface area contributed by atoms with Gasteiger partial charge in [0.2, 0.25) is 0 Å². The summed E-state index contributed by atoms with van der Waals surface area (Å²) in [5.74, 6) is 3.56. The number of nitrogens with zero attached hydrogens (tertiary/aromatic N) is 1. The van der Waals surface area contributed by atoms with Gasteiger partial charge < -0.3 is 19.5 Å². The fourth-order valence-corrected chi connectivity index (χ4v) is 8.26. The summed E-state index contributed by atoms with van der Waals surface area (Å²) in [7, 11) is 0. The second kappa shape index (κ2) is 16.1. The Morgan fingerprint density at radius 3 is 1.88 bits per heavy atom. The van der Waals surface area contributed by atoms with E-state index in [-0.39, 0.29) is 36.3 Å². The van der Waals surface area contributed by atoms with Gasteiger partial charge in [0.05, 0.1) is 11.1 Å². The van der Waals surface area contributed by atoms with Crippen LogP contribution in [0.4, 0.5) is 5.69 Å². The highest BCUT2D eigenvalue weighted by atomic mass is 16.6. The summed E-state index contributed by atoms with van der Waals surface area (Å²) in [5, 5.41) is 10.5. The summed E-state index contributed by atoms with van der Waals surface area (Å²) in [6.07, 6.45) is 7.58. The lowest BCUT2D eigenvalue weighted by atomic mass is 9.69. The Hall–Kier alpha value is -3.80. The standard InChI is InChI=1S/C42H55NO5/c1-27(2)35-19-12-29(5)24-38(35)43(39-25-30(6)13-20-36(39)28(3)4)33-16-14-32(15-17-33)42(46)48-23-22-47-34-18-21-37(40(44)26-34)41(45)31-10-8-7-9-11-31/h7-11,14-18,21,26-30,35-36,38-39,44H,12-13,19-20,22-25H2,1-6H3. The van der Waals surface area contributed by atoms with Crippen LogP contribution in [0.15, 0.2) is 72.8 Å². The number of hydrogen-bond donors (Lipinski definition) is 1. The number of ether oxygens (including phenoxy) is 2. The highest BCUT2D eigenvalue weighted by Crippen LogP contribution is 2.45. The van der Waals surface area contributed by atoms with E-state index in [1.54, 1.807) is 36.4 Å². The molecule has 0 amide bonds. The summed E-state index contributed by atoms with van der Waals surface area (Å²) >= 11 is 0. The lowest BCUT2D eigenvalue weighted by Gasteiger charge is -2.53. The average molecular weight is 654 g/mol. The molecule has 0 bridgehead atoms. The van der Waals surface area contributed by atoms with E-state index in [0.29, 0.717) is 64.5 Å². The van der Waals surface area contributed by atoms with Crippen LogP contribution in [0.1, 0.15) is 106 Å². The molecule has 258 valence electrons. The molecule has 3 aromatic rings. The van der Waals surface area contributed by atoms with Crippen LogP contribution in [0.3, 0.4) is 0 Å². The first-order valence-electron chi connectivity index (χ1n) is 18.1. The molecular weight excluding hydrogens is 598 g/mol. The van der Waals surface area contributed by atoms with E-state index in [1.165, 1.54) is 50.3 Å². The predicted octanol–water partition coefficient (Wildman–Crippen LogP) is 9.59. The summed E-state index contributed by atoms with van der Waals surface area (Å²) in [4.78, 5) is 28.6. The normalized spacial score (nSPS) is 24.3. The van der Waals surface area contributed by atoms with Crippen molar-refractivity contribution in [1.29, 1.82) is 0 Å². The topological polar surface area (TPSA) is 76.1 Å². The number of benzene rings is 3. The number of hydrogen-bond acceptors (Lipinski definition) is 6. The molecule has 0 radical (unpaired) electrons. The molecule has 0 spiro atoms. The van der Waals surface area contributed by atoms with Crippen molar-refractivity contribution in [1.82, 2.24) is 0 Å². The van der Waals surface area contributed by atoms with Crippen molar-refractivity contribution < 1.29 is 24.2 Å². The molecule has 2 fully saturated rings. The van der Waals surface area contributed by atoms with E-state index in [2.05, 4.69) is 58.6 Å². The van der Waals surface area contributed by atoms with Gasteiger partial charge in [-0.25, -0.2) is 4.79 Å². The second-order valence-electron chi connectivity index (χ2n) is 15.1. The van der Waals surface area contributed by atoms with Crippen LogP contribution < -0.4 is 9.64 Å². The summed E-state index contributed by atoms with van der Waals surface area (Å²) < 4.78 is 11.3. The molecule has 6 nitrogen and oxygen atoms in total. The van der Waals surface area contributed by atoms with Gasteiger partial charge in [0.1, 0.15) is 24.7 Å². The van der Waals surface area contributed by atoms with Crippen LogP contribution in [-0.2, 0) is 4.74 Å². The first-order valence-corrected chi connectivity index (χ1v) is 18.1. The minimum atomic E-state index is -0.388. The van der Waals surface area contributed by atoms with Crippen molar-refractivity contribution in [2.24, 2.45) is 35.5 Å². The SMILES string of the molecule is CC1CCC(C(C)C)C(N(c2ccc(C(=O)OCCOc3ccc(C(=O)c4ccccc4)c(O)c3)cc2)C2CC(C)CCC2C(C)C)C1. The Labute approximate surface area is 287 Å². The highest BCUT2D eigenvalue weighted by molar-refractivity contribution is 6.10. The van der Waals surface area contributed by atoms with Crippen LogP contribution in [0.25, 0.3) is 0 Å². The quantitative estimate of drug-likeness (QED) is 0.119. The van der Waals surface area contributed by atoms with Gasteiger partial charge >= 0.3 is 5.97 Å². The molecule has 0 saturated heterocycles. The first kappa shape index (κ1) is 35.5. The van der Waals surface area contributed by atoms with Gasteiger partial charge in [-0.1, -0.05) is 84.7 Å². The lowest BCUT2D eigenvalue weighted by molar-refractivity contribution is 0.0450. The third-order valence-electron chi connectivity index (χ3n) is 10.9. The van der Waals surface area contributed by atoms with Crippen molar-refractivity contribution >= 4 is 17.4 Å². The molecule has 1 N–H and O–H groups in total. The fraction of sp³-hybridized carbons (Fsp3) is 0.524. The summed E-state index contributed by atoms with van der Waals surface area (Å²) in [5.41, 5.74) is 2.45. The zero-order valence-electron chi connectivity index (χ0n) is 29.7. The first-order chi connectivity index (χ1) is 23.0. The molecule has 2 aliphatic rings. The molecule has 6 unspecified atom stereocenters. The minimum Gasteiger partial charge on any atom is -0.507 e.